The van der Waals surface area contributed by atoms with Crippen LogP contribution in [0.5, 0.6) is 0 Å². The number of ether oxygens (including phenoxy) is 1. The van der Waals surface area contributed by atoms with Crippen molar-refractivity contribution in [2.24, 2.45) is 0 Å². The van der Waals surface area contributed by atoms with Gasteiger partial charge in [0, 0.05) is 45.8 Å². The van der Waals surface area contributed by atoms with E-state index in [9.17, 15) is 13.2 Å². The van der Waals surface area contributed by atoms with Gasteiger partial charge in [0.15, 0.2) is 0 Å². The summed E-state index contributed by atoms with van der Waals surface area (Å²) in [5, 5.41) is 5.70. The summed E-state index contributed by atoms with van der Waals surface area (Å²) < 4.78 is 31.5. The normalized spacial score (nSPS) is 17.9. The Labute approximate surface area is 168 Å². The summed E-state index contributed by atoms with van der Waals surface area (Å²) in [5.74, 6) is 0. The number of amides is 2. The Kier molecular flexibility index (Phi) is 7.82. The first kappa shape index (κ1) is 22.6. The largest absolute Gasteiger partial charge is 0.379 e. The summed E-state index contributed by atoms with van der Waals surface area (Å²) in [6.45, 7) is 8.00. The topological polar surface area (TPSA) is 91.0 Å². The Bertz CT molecular complexity index is 763. The van der Waals surface area contributed by atoms with Crippen molar-refractivity contribution in [1.82, 2.24) is 19.8 Å². The van der Waals surface area contributed by atoms with Crippen molar-refractivity contribution in [2.75, 3.05) is 46.9 Å². The van der Waals surface area contributed by atoms with Gasteiger partial charge in [0.1, 0.15) is 0 Å². The molecular weight excluding hydrogens is 380 g/mol. The van der Waals surface area contributed by atoms with Crippen molar-refractivity contribution in [1.29, 1.82) is 0 Å². The maximum atomic E-state index is 12.5. The molecule has 1 aromatic rings. The Morgan fingerprint density at radius 2 is 1.86 bits per heavy atom. The molecule has 0 radical (unpaired) electrons. The molecule has 2 amide bonds. The lowest BCUT2D eigenvalue weighted by Gasteiger charge is -2.43. The van der Waals surface area contributed by atoms with Gasteiger partial charge in [-0.05, 0) is 25.0 Å². The van der Waals surface area contributed by atoms with E-state index in [1.54, 1.807) is 24.3 Å². The van der Waals surface area contributed by atoms with Crippen molar-refractivity contribution in [2.45, 2.75) is 37.2 Å². The monoisotopic (exact) mass is 412 g/mol. The highest BCUT2D eigenvalue weighted by Gasteiger charge is 2.31. The lowest BCUT2D eigenvalue weighted by molar-refractivity contribution is -0.0165. The zero-order valence-corrected chi connectivity index (χ0v) is 18.0. The number of hydrogen-bond donors (Lipinski definition) is 2. The molecule has 2 N–H and O–H groups in total. The zero-order valence-electron chi connectivity index (χ0n) is 17.2. The van der Waals surface area contributed by atoms with E-state index in [4.69, 9.17) is 4.74 Å². The van der Waals surface area contributed by atoms with Crippen LogP contribution in [-0.4, -0.2) is 76.1 Å². The van der Waals surface area contributed by atoms with Gasteiger partial charge in [-0.3, -0.25) is 4.90 Å². The Morgan fingerprint density at radius 1 is 1.21 bits per heavy atom. The van der Waals surface area contributed by atoms with Gasteiger partial charge in [0.25, 0.3) is 0 Å². The van der Waals surface area contributed by atoms with Crippen molar-refractivity contribution >= 4 is 16.1 Å². The highest BCUT2D eigenvalue weighted by molar-refractivity contribution is 7.89. The van der Waals surface area contributed by atoms with Crippen LogP contribution in [-0.2, 0) is 21.3 Å². The van der Waals surface area contributed by atoms with E-state index in [-0.39, 0.29) is 23.0 Å². The molecule has 1 aromatic carbocycles. The van der Waals surface area contributed by atoms with E-state index in [1.165, 1.54) is 18.4 Å². The van der Waals surface area contributed by atoms with Gasteiger partial charge in [-0.25, -0.2) is 17.5 Å². The molecule has 1 atom stereocenters. The molecule has 158 valence electrons. The number of urea groups is 1. The van der Waals surface area contributed by atoms with E-state index in [1.807, 2.05) is 0 Å². The van der Waals surface area contributed by atoms with E-state index in [0.29, 0.717) is 25.3 Å². The number of benzene rings is 1. The highest BCUT2D eigenvalue weighted by Crippen LogP contribution is 2.20. The number of nitrogens with one attached hydrogen (secondary N) is 2. The van der Waals surface area contributed by atoms with E-state index < -0.39 is 10.0 Å². The van der Waals surface area contributed by atoms with Crippen LogP contribution in [0.1, 0.15) is 25.8 Å². The Morgan fingerprint density at radius 3 is 2.46 bits per heavy atom. The first-order valence-electron chi connectivity index (χ1n) is 9.55. The number of carbonyl (C=O) groups excluding carboxylic acids is 1. The molecule has 28 heavy (non-hydrogen) atoms. The van der Waals surface area contributed by atoms with Gasteiger partial charge in [-0.1, -0.05) is 25.1 Å². The average Bonchev–Trinajstić information content (AvgIpc) is 2.71. The molecule has 0 saturated carbocycles. The van der Waals surface area contributed by atoms with Gasteiger partial charge in [-0.2, -0.15) is 0 Å². The fraction of sp³-hybridized carbons (Fsp3) is 0.632. The molecule has 1 heterocycles. The van der Waals surface area contributed by atoms with Gasteiger partial charge in [-0.15, -0.1) is 0 Å². The first-order valence-corrected chi connectivity index (χ1v) is 11.0. The predicted octanol–water partition coefficient (Wildman–Crippen LogP) is 1.24. The minimum absolute atomic E-state index is 0.134. The molecule has 0 spiro atoms. The van der Waals surface area contributed by atoms with Crippen LogP contribution in [0.25, 0.3) is 0 Å². The second-order valence-electron chi connectivity index (χ2n) is 7.38. The molecule has 0 unspecified atom stereocenters. The van der Waals surface area contributed by atoms with Crippen LogP contribution >= 0.6 is 0 Å². The average molecular weight is 413 g/mol. The molecule has 1 aliphatic heterocycles. The number of sulfonamides is 1. The molecule has 0 aromatic heterocycles. The van der Waals surface area contributed by atoms with Crippen molar-refractivity contribution in [3.05, 3.63) is 29.8 Å². The predicted molar refractivity (Wildman–Crippen MR) is 109 cm³/mol. The molecule has 1 saturated heterocycles. The van der Waals surface area contributed by atoms with Crippen molar-refractivity contribution in [3.8, 4) is 0 Å². The van der Waals surface area contributed by atoms with Crippen molar-refractivity contribution < 1.29 is 17.9 Å². The molecule has 9 heteroatoms. The second kappa shape index (κ2) is 9.69. The number of rotatable bonds is 8. The van der Waals surface area contributed by atoms with Crippen LogP contribution in [0.3, 0.4) is 0 Å². The summed E-state index contributed by atoms with van der Waals surface area (Å²) >= 11 is 0. The molecular formula is C19H32N4O4S. The highest BCUT2D eigenvalue weighted by atomic mass is 32.2. The van der Waals surface area contributed by atoms with E-state index in [2.05, 4.69) is 29.4 Å². The summed E-state index contributed by atoms with van der Waals surface area (Å²) in [7, 11) is -0.587. The summed E-state index contributed by atoms with van der Waals surface area (Å²) in [6, 6.07) is 6.38. The fourth-order valence-corrected chi connectivity index (χ4v) is 4.29. The molecule has 1 aliphatic rings. The van der Waals surface area contributed by atoms with Crippen LogP contribution in [0.15, 0.2) is 29.2 Å². The quantitative estimate of drug-likeness (QED) is 0.670. The summed E-state index contributed by atoms with van der Waals surface area (Å²) in [6.07, 6.45) is 0.900. The number of morpholine rings is 1. The Balaban J connectivity index is 1.96. The molecule has 8 nitrogen and oxygen atoms in total. The lowest BCUT2D eigenvalue weighted by atomic mass is 9.95. The zero-order chi connectivity index (χ0) is 20.8. The van der Waals surface area contributed by atoms with Crippen LogP contribution in [0.4, 0.5) is 4.79 Å². The summed E-state index contributed by atoms with van der Waals surface area (Å²) in [4.78, 5) is 14.9. The minimum atomic E-state index is -3.57. The maximum absolute atomic E-state index is 12.5. The second-order valence-corrected chi connectivity index (χ2v) is 9.50. The maximum Gasteiger partial charge on any atom is 0.315 e. The van der Waals surface area contributed by atoms with Gasteiger partial charge in [0.2, 0.25) is 10.0 Å². The van der Waals surface area contributed by atoms with Gasteiger partial charge < -0.3 is 15.4 Å². The first-order chi connectivity index (χ1) is 13.2. The third kappa shape index (κ3) is 5.44. The van der Waals surface area contributed by atoms with Crippen LogP contribution in [0, 0.1) is 0 Å². The third-order valence-electron chi connectivity index (χ3n) is 5.34. The Hall–Kier alpha value is -1.68. The molecule has 2 rings (SSSR count). The molecule has 1 fully saturated rings. The third-order valence-corrected chi connectivity index (χ3v) is 7.25. The standard InChI is InChI=1S/C19H32N4O4S/c1-5-19(2,23-10-12-27-13-11-23)15-21-18(24)20-14-16-8-6-7-9-17(16)28(25,26)22(3)4/h6-9H,5,10-15H2,1-4H3,(H2,20,21,24)/t19-/m1/s1. The fourth-order valence-electron chi connectivity index (χ4n) is 3.17. The summed E-state index contributed by atoms with van der Waals surface area (Å²) in [5.41, 5.74) is 0.408. The lowest BCUT2D eigenvalue weighted by Crippen LogP contribution is -2.57. The smallest absolute Gasteiger partial charge is 0.315 e. The number of hydrogen-bond acceptors (Lipinski definition) is 5. The van der Waals surface area contributed by atoms with Gasteiger partial charge >= 0.3 is 6.03 Å². The SMILES string of the molecule is CC[C@](C)(CNC(=O)NCc1ccccc1S(=O)(=O)N(C)C)N1CCOCC1. The number of carbonyl (C=O) groups is 1. The van der Waals surface area contributed by atoms with Gasteiger partial charge in [0.05, 0.1) is 18.1 Å². The number of nitrogens with zero attached hydrogens (tertiary/aromatic N) is 2. The molecule has 0 bridgehead atoms. The minimum Gasteiger partial charge on any atom is -0.379 e. The van der Waals surface area contributed by atoms with Crippen molar-refractivity contribution in [3.63, 3.8) is 0 Å². The van der Waals surface area contributed by atoms with Crippen LogP contribution in [0.2, 0.25) is 0 Å². The van der Waals surface area contributed by atoms with Crippen LogP contribution < -0.4 is 10.6 Å². The van der Waals surface area contributed by atoms with E-state index in [0.717, 1.165) is 19.5 Å². The van der Waals surface area contributed by atoms with E-state index >= 15 is 0 Å². The molecule has 0 aliphatic carbocycles.